The molecule has 0 aromatic rings. The SMILES string of the molecule is CCCCCCCC/C=C/CCCCCCCCCC(CC(=O)NC(CO)C(O)CCCCCCCCCCCCC)OC(=O)CCCCCCCCCCCC. The van der Waals surface area contributed by atoms with Crippen molar-refractivity contribution in [3.8, 4) is 0 Å². The number of esters is 1. The van der Waals surface area contributed by atoms with Gasteiger partial charge in [0.2, 0.25) is 5.91 Å². The molecule has 0 radical (unpaired) electrons. The molecular formula is C51H99NO5. The number of nitrogens with one attached hydrogen (secondary N) is 1. The summed E-state index contributed by atoms with van der Waals surface area (Å²) in [6.07, 6.45) is 49.8. The molecule has 0 aromatic heterocycles. The van der Waals surface area contributed by atoms with Gasteiger partial charge in [0.05, 0.1) is 25.2 Å². The minimum Gasteiger partial charge on any atom is -0.462 e. The van der Waals surface area contributed by atoms with E-state index >= 15 is 0 Å². The zero-order valence-corrected chi connectivity index (χ0v) is 38.5. The lowest BCUT2D eigenvalue weighted by atomic mass is 10.0. The molecule has 3 unspecified atom stereocenters. The molecule has 6 heteroatoms. The van der Waals surface area contributed by atoms with Gasteiger partial charge in [0.15, 0.2) is 0 Å². The number of unbranched alkanes of at least 4 members (excludes halogenated alkanes) is 32. The van der Waals surface area contributed by atoms with Gasteiger partial charge in [0.1, 0.15) is 6.10 Å². The van der Waals surface area contributed by atoms with Crippen molar-refractivity contribution in [2.75, 3.05) is 6.61 Å². The van der Waals surface area contributed by atoms with E-state index in [0.29, 0.717) is 19.3 Å². The van der Waals surface area contributed by atoms with Crippen LogP contribution in [0.1, 0.15) is 278 Å². The second-order valence-corrected chi connectivity index (χ2v) is 17.6. The molecule has 3 atom stereocenters. The number of carbonyl (C=O) groups is 2. The van der Waals surface area contributed by atoms with Crippen LogP contribution in [0.15, 0.2) is 12.2 Å². The summed E-state index contributed by atoms with van der Waals surface area (Å²) in [5, 5.41) is 23.7. The van der Waals surface area contributed by atoms with Gasteiger partial charge in [-0.25, -0.2) is 0 Å². The minimum absolute atomic E-state index is 0.0812. The van der Waals surface area contributed by atoms with Gasteiger partial charge in [-0.2, -0.15) is 0 Å². The number of aliphatic hydroxyl groups excluding tert-OH is 2. The van der Waals surface area contributed by atoms with Crippen LogP contribution in [0.3, 0.4) is 0 Å². The van der Waals surface area contributed by atoms with E-state index in [-0.39, 0.29) is 24.9 Å². The maximum absolute atomic E-state index is 13.2. The molecule has 0 bridgehead atoms. The lowest BCUT2D eigenvalue weighted by Gasteiger charge is -2.24. The molecule has 57 heavy (non-hydrogen) atoms. The van der Waals surface area contributed by atoms with Gasteiger partial charge in [-0.05, 0) is 51.4 Å². The lowest BCUT2D eigenvalue weighted by molar-refractivity contribution is -0.151. The Kier molecular flexibility index (Phi) is 44.6. The van der Waals surface area contributed by atoms with Crippen LogP contribution in [0.4, 0.5) is 0 Å². The van der Waals surface area contributed by atoms with Crippen molar-refractivity contribution in [3.63, 3.8) is 0 Å². The van der Waals surface area contributed by atoms with Crippen molar-refractivity contribution in [1.29, 1.82) is 0 Å². The number of rotatable bonds is 46. The molecule has 0 saturated heterocycles. The molecule has 0 aliphatic carbocycles. The Morgan fingerprint density at radius 1 is 0.491 bits per heavy atom. The second kappa shape index (κ2) is 45.7. The Hall–Kier alpha value is -1.40. The van der Waals surface area contributed by atoms with Crippen molar-refractivity contribution in [3.05, 3.63) is 12.2 Å². The van der Waals surface area contributed by atoms with Crippen molar-refractivity contribution in [2.24, 2.45) is 0 Å². The number of allylic oxidation sites excluding steroid dienone is 2. The number of amides is 1. The normalized spacial score (nSPS) is 13.3. The highest BCUT2D eigenvalue weighted by atomic mass is 16.5. The summed E-state index contributed by atoms with van der Waals surface area (Å²) in [5.41, 5.74) is 0. The van der Waals surface area contributed by atoms with Crippen LogP contribution in [0.5, 0.6) is 0 Å². The first kappa shape index (κ1) is 55.6. The van der Waals surface area contributed by atoms with Crippen LogP contribution in [0.2, 0.25) is 0 Å². The summed E-state index contributed by atoms with van der Waals surface area (Å²) in [6.45, 7) is 6.48. The summed E-state index contributed by atoms with van der Waals surface area (Å²) < 4.78 is 5.92. The van der Waals surface area contributed by atoms with Gasteiger partial charge in [0.25, 0.3) is 0 Å². The maximum atomic E-state index is 13.2. The smallest absolute Gasteiger partial charge is 0.306 e. The number of hydrogen-bond acceptors (Lipinski definition) is 5. The molecule has 0 rings (SSSR count). The number of aliphatic hydroxyl groups is 2. The van der Waals surface area contributed by atoms with E-state index in [1.165, 1.54) is 180 Å². The Balaban J connectivity index is 4.53. The first-order valence-electron chi connectivity index (χ1n) is 25.4. The molecule has 0 fully saturated rings. The summed E-state index contributed by atoms with van der Waals surface area (Å²) in [7, 11) is 0. The van der Waals surface area contributed by atoms with E-state index in [2.05, 4.69) is 38.2 Å². The van der Waals surface area contributed by atoms with Crippen LogP contribution >= 0.6 is 0 Å². The molecule has 3 N–H and O–H groups in total. The molecule has 1 amide bonds. The molecule has 0 saturated carbocycles. The summed E-state index contributed by atoms with van der Waals surface area (Å²) in [5.74, 6) is -0.464. The predicted octanol–water partition coefficient (Wildman–Crippen LogP) is 15.0. The molecule has 6 nitrogen and oxygen atoms in total. The van der Waals surface area contributed by atoms with E-state index < -0.39 is 18.2 Å². The number of carbonyl (C=O) groups excluding carboxylic acids is 2. The van der Waals surface area contributed by atoms with Gasteiger partial charge in [-0.3, -0.25) is 9.59 Å². The van der Waals surface area contributed by atoms with E-state index in [9.17, 15) is 19.8 Å². The van der Waals surface area contributed by atoms with Gasteiger partial charge in [-0.1, -0.05) is 226 Å². The van der Waals surface area contributed by atoms with Crippen LogP contribution < -0.4 is 5.32 Å². The second-order valence-electron chi connectivity index (χ2n) is 17.6. The van der Waals surface area contributed by atoms with E-state index in [0.717, 1.165) is 51.4 Å². The van der Waals surface area contributed by atoms with Gasteiger partial charge in [-0.15, -0.1) is 0 Å². The van der Waals surface area contributed by atoms with Gasteiger partial charge < -0.3 is 20.3 Å². The summed E-state index contributed by atoms with van der Waals surface area (Å²) in [4.78, 5) is 26.0. The van der Waals surface area contributed by atoms with Crippen LogP contribution in [-0.2, 0) is 14.3 Å². The summed E-state index contributed by atoms with van der Waals surface area (Å²) in [6, 6.07) is -0.695. The fraction of sp³-hybridized carbons (Fsp3) is 0.922. The molecule has 0 aliphatic heterocycles. The Morgan fingerprint density at radius 3 is 1.25 bits per heavy atom. The minimum atomic E-state index is -0.781. The molecule has 0 spiro atoms. The fourth-order valence-corrected chi connectivity index (χ4v) is 7.96. The Morgan fingerprint density at radius 2 is 0.842 bits per heavy atom. The zero-order chi connectivity index (χ0) is 41.7. The van der Waals surface area contributed by atoms with Crippen molar-refractivity contribution >= 4 is 11.9 Å². The highest BCUT2D eigenvalue weighted by Gasteiger charge is 2.24. The van der Waals surface area contributed by atoms with Crippen LogP contribution in [-0.4, -0.2) is 46.9 Å². The largest absolute Gasteiger partial charge is 0.462 e. The number of ether oxygens (including phenoxy) is 1. The van der Waals surface area contributed by atoms with Gasteiger partial charge in [0, 0.05) is 6.42 Å². The summed E-state index contributed by atoms with van der Waals surface area (Å²) >= 11 is 0. The highest BCUT2D eigenvalue weighted by molar-refractivity contribution is 5.77. The Labute approximate surface area is 355 Å². The Bertz CT molecular complexity index is 863. The third kappa shape index (κ3) is 41.1. The maximum Gasteiger partial charge on any atom is 0.306 e. The third-order valence-electron chi connectivity index (χ3n) is 11.8. The first-order chi connectivity index (χ1) is 28.0. The van der Waals surface area contributed by atoms with Crippen molar-refractivity contribution in [2.45, 2.75) is 296 Å². The van der Waals surface area contributed by atoms with E-state index in [1.54, 1.807) is 0 Å². The molecule has 0 aromatic carbocycles. The average Bonchev–Trinajstić information content (AvgIpc) is 3.20. The third-order valence-corrected chi connectivity index (χ3v) is 11.8. The number of hydrogen-bond donors (Lipinski definition) is 3. The fourth-order valence-electron chi connectivity index (χ4n) is 7.96. The average molecular weight is 806 g/mol. The van der Waals surface area contributed by atoms with E-state index in [1.807, 2.05) is 0 Å². The lowest BCUT2D eigenvalue weighted by Crippen LogP contribution is -2.46. The predicted molar refractivity (Wildman–Crippen MR) is 246 cm³/mol. The monoisotopic (exact) mass is 806 g/mol. The van der Waals surface area contributed by atoms with Crippen LogP contribution in [0.25, 0.3) is 0 Å². The highest BCUT2D eigenvalue weighted by Crippen LogP contribution is 2.18. The molecular weight excluding hydrogens is 707 g/mol. The topological polar surface area (TPSA) is 95.9 Å². The quantitative estimate of drug-likeness (QED) is 0.0323. The van der Waals surface area contributed by atoms with Crippen molar-refractivity contribution in [1.82, 2.24) is 5.32 Å². The zero-order valence-electron chi connectivity index (χ0n) is 38.5. The first-order valence-corrected chi connectivity index (χ1v) is 25.4. The molecule has 0 heterocycles. The molecule has 338 valence electrons. The standard InChI is InChI=1S/C51H99NO5/c1-4-7-10-13-16-19-22-23-24-25-26-27-29-30-33-36-39-42-47(57-51(56)44-41-38-35-32-21-18-15-12-9-6-3)45-50(55)52-48(46-53)49(54)43-40-37-34-31-28-20-17-14-11-8-5-2/h23-24,47-49,53-54H,4-22,25-46H2,1-3H3,(H,52,55)/b24-23+. The van der Waals surface area contributed by atoms with E-state index in [4.69, 9.17) is 4.74 Å². The van der Waals surface area contributed by atoms with Gasteiger partial charge >= 0.3 is 5.97 Å². The van der Waals surface area contributed by atoms with Crippen molar-refractivity contribution < 1.29 is 24.5 Å². The molecule has 0 aliphatic rings. The van der Waals surface area contributed by atoms with Crippen LogP contribution in [0, 0.1) is 0 Å².